The summed E-state index contributed by atoms with van der Waals surface area (Å²) in [6, 6.07) is 4.43. The van der Waals surface area contributed by atoms with E-state index in [1.165, 1.54) is 18.3 Å². The Morgan fingerprint density at radius 2 is 1.40 bits per heavy atom. The van der Waals surface area contributed by atoms with E-state index in [1.807, 2.05) is 0 Å². The van der Waals surface area contributed by atoms with Gasteiger partial charge in [0.1, 0.15) is 0 Å². The number of hydrogen-bond acceptors (Lipinski definition) is 1. The van der Waals surface area contributed by atoms with Gasteiger partial charge in [-0.05, 0) is 18.2 Å². The van der Waals surface area contributed by atoms with Gasteiger partial charge in [-0.3, -0.25) is 4.98 Å². The van der Waals surface area contributed by atoms with Crippen molar-refractivity contribution in [3.63, 3.8) is 0 Å². The second-order valence-electron chi connectivity index (χ2n) is 4.06. The Bertz CT molecular complexity index is 615. The second kappa shape index (κ2) is 4.32. The van der Waals surface area contributed by atoms with Crippen LogP contribution in [0, 0.1) is 0 Å². The molecule has 0 bridgehead atoms. The highest BCUT2D eigenvalue weighted by Crippen LogP contribution is 2.53. The van der Waals surface area contributed by atoms with Crippen molar-refractivity contribution < 1.29 is 30.7 Å². The van der Waals surface area contributed by atoms with Gasteiger partial charge >= 0.3 is 18.0 Å². The van der Waals surface area contributed by atoms with E-state index in [-0.39, 0.29) is 10.9 Å². The van der Waals surface area contributed by atoms with Crippen LogP contribution in [0.3, 0.4) is 0 Å². The fourth-order valence-electron chi connectivity index (χ4n) is 1.78. The Kier molecular flexibility index (Phi) is 3.14. The van der Waals surface area contributed by atoms with Crippen molar-refractivity contribution in [2.45, 2.75) is 18.0 Å². The van der Waals surface area contributed by atoms with Crippen LogP contribution in [-0.2, 0) is 5.67 Å². The molecule has 0 saturated carbocycles. The Morgan fingerprint density at radius 3 is 1.95 bits per heavy atom. The van der Waals surface area contributed by atoms with E-state index in [9.17, 15) is 30.7 Å². The predicted molar refractivity (Wildman–Crippen MR) is 56.6 cm³/mol. The third kappa shape index (κ3) is 2.08. The number of fused-ring (bicyclic) bond motifs is 1. The zero-order valence-corrected chi connectivity index (χ0v) is 9.56. The molecule has 108 valence electrons. The molecule has 0 aliphatic rings. The summed E-state index contributed by atoms with van der Waals surface area (Å²) in [5.41, 5.74) is -6.76. The van der Waals surface area contributed by atoms with Crippen LogP contribution in [0.15, 0.2) is 36.5 Å². The molecule has 0 aliphatic heterocycles. The molecule has 1 heterocycles. The van der Waals surface area contributed by atoms with Crippen molar-refractivity contribution >= 4 is 10.9 Å². The van der Waals surface area contributed by atoms with E-state index in [0.717, 1.165) is 6.07 Å². The van der Waals surface area contributed by atoms with Gasteiger partial charge in [-0.25, -0.2) is 4.39 Å². The van der Waals surface area contributed by atoms with E-state index in [0.29, 0.717) is 12.1 Å². The van der Waals surface area contributed by atoms with Gasteiger partial charge in [0.2, 0.25) is 0 Å². The van der Waals surface area contributed by atoms with Gasteiger partial charge in [-0.15, -0.1) is 0 Å². The largest absolute Gasteiger partial charge is 0.435 e. The zero-order valence-electron chi connectivity index (χ0n) is 9.56. The van der Waals surface area contributed by atoms with Crippen LogP contribution in [0.2, 0.25) is 0 Å². The first-order valence-corrected chi connectivity index (χ1v) is 5.25. The maximum absolute atomic E-state index is 13.8. The van der Waals surface area contributed by atoms with E-state index < -0.39 is 23.6 Å². The molecule has 0 spiro atoms. The van der Waals surface area contributed by atoms with Gasteiger partial charge in [-0.2, -0.15) is 26.3 Å². The highest BCUT2D eigenvalue weighted by molar-refractivity contribution is 5.79. The summed E-state index contributed by atoms with van der Waals surface area (Å²) in [6.07, 6.45) is -10.9. The molecule has 0 amide bonds. The number of pyridine rings is 1. The molecule has 0 saturated heterocycles. The number of nitrogens with zero attached hydrogens (tertiary/aromatic N) is 1. The zero-order chi connectivity index (χ0) is 15.2. The molecule has 0 fully saturated rings. The van der Waals surface area contributed by atoms with E-state index in [2.05, 4.69) is 4.98 Å². The van der Waals surface area contributed by atoms with Crippen LogP contribution in [0.1, 0.15) is 5.56 Å². The molecule has 0 radical (unpaired) electrons. The minimum Gasteiger partial charge on any atom is -0.256 e. The molecule has 20 heavy (non-hydrogen) atoms. The molecular weight excluding hydrogens is 291 g/mol. The minimum atomic E-state index is -6.11. The third-order valence-electron chi connectivity index (χ3n) is 2.78. The number of alkyl halides is 7. The van der Waals surface area contributed by atoms with E-state index >= 15 is 0 Å². The fourth-order valence-corrected chi connectivity index (χ4v) is 1.78. The molecule has 2 rings (SSSR count). The molecule has 1 aromatic carbocycles. The average Bonchev–Trinajstić information content (AvgIpc) is 2.34. The Balaban J connectivity index is 2.70. The number of rotatable bonds is 1. The summed E-state index contributed by atoms with van der Waals surface area (Å²) >= 11 is 0. The topological polar surface area (TPSA) is 12.9 Å². The summed E-state index contributed by atoms with van der Waals surface area (Å²) in [6.45, 7) is 0. The molecule has 1 aromatic heterocycles. The average molecular weight is 297 g/mol. The number of benzene rings is 1. The first-order valence-electron chi connectivity index (χ1n) is 5.25. The number of hydrogen-bond donors (Lipinski definition) is 0. The van der Waals surface area contributed by atoms with Crippen LogP contribution in [-0.4, -0.2) is 17.3 Å². The van der Waals surface area contributed by atoms with Gasteiger partial charge in [0, 0.05) is 17.1 Å². The van der Waals surface area contributed by atoms with Crippen molar-refractivity contribution in [1.29, 1.82) is 0 Å². The standard InChI is InChI=1S/C12H6F7N/c13-10(11(14,15)16,12(17,18)19)8-3-4-9-7(6-8)2-1-5-20-9/h1-6H. The SMILES string of the molecule is FC(F)(F)C(F)(c1ccc2ncccc2c1)C(F)(F)F. The molecular formula is C12H6F7N. The minimum absolute atomic E-state index is 0.0134. The van der Waals surface area contributed by atoms with E-state index in [1.54, 1.807) is 0 Å². The maximum Gasteiger partial charge on any atom is 0.435 e. The van der Waals surface area contributed by atoms with Crippen LogP contribution in [0.4, 0.5) is 30.7 Å². The van der Waals surface area contributed by atoms with Gasteiger partial charge in [0.25, 0.3) is 0 Å². The van der Waals surface area contributed by atoms with Crippen LogP contribution < -0.4 is 0 Å². The van der Waals surface area contributed by atoms with Crippen LogP contribution in [0.25, 0.3) is 10.9 Å². The summed E-state index contributed by atoms with van der Waals surface area (Å²) in [5, 5.41) is -0.0134. The fraction of sp³-hybridized carbons (Fsp3) is 0.250. The highest BCUT2D eigenvalue weighted by Gasteiger charge is 2.73. The monoisotopic (exact) mass is 297 g/mol. The van der Waals surface area contributed by atoms with Crippen molar-refractivity contribution in [2.75, 3.05) is 0 Å². The van der Waals surface area contributed by atoms with Crippen LogP contribution >= 0.6 is 0 Å². The summed E-state index contributed by atoms with van der Waals surface area (Å²) in [5.74, 6) is 0. The lowest BCUT2D eigenvalue weighted by Gasteiger charge is -2.30. The van der Waals surface area contributed by atoms with Crippen molar-refractivity contribution in [3.05, 3.63) is 42.1 Å². The van der Waals surface area contributed by atoms with Gasteiger partial charge < -0.3 is 0 Å². The summed E-state index contributed by atoms with van der Waals surface area (Å²) in [7, 11) is 0. The van der Waals surface area contributed by atoms with E-state index in [4.69, 9.17) is 0 Å². The lowest BCUT2D eigenvalue weighted by atomic mass is 9.93. The van der Waals surface area contributed by atoms with Crippen molar-refractivity contribution in [1.82, 2.24) is 4.98 Å². The Labute approximate surface area is 108 Å². The molecule has 8 heteroatoms. The number of aromatic nitrogens is 1. The quantitative estimate of drug-likeness (QED) is 0.705. The lowest BCUT2D eigenvalue weighted by Crippen LogP contribution is -2.50. The molecule has 1 nitrogen and oxygen atoms in total. The van der Waals surface area contributed by atoms with Gasteiger partial charge in [0.15, 0.2) is 0 Å². The molecule has 0 aliphatic carbocycles. The first-order chi connectivity index (χ1) is 9.07. The summed E-state index contributed by atoms with van der Waals surface area (Å²) < 4.78 is 89.2. The molecule has 2 aromatic rings. The maximum atomic E-state index is 13.8. The van der Waals surface area contributed by atoms with Gasteiger partial charge in [-0.1, -0.05) is 12.1 Å². The van der Waals surface area contributed by atoms with Crippen molar-refractivity contribution in [3.8, 4) is 0 Å². The predicted octanol–water partition coefficient (Wildman–Crippen LogP) is 4.52. The molecule has 0 unspecified atom stereocenters. The lowest BCUT2D eigenvalue weighted by molar-refractivity contribution is -0.348. The Hall–Kier alpha value is -1.86. The summed E-state index contributed by atoms with van der Waals surface area (Å²) in [4.78, 5) is 3.74. The second-order valence-corrected chi connectivity index (χ2v) is 4.06. The smallest absolute Gasteiger partial charge is 0.256 e. The third-order valence-corrected chi connectivity index (χ3v) is 2.78. The van der Waals surface area contributed by atoms with Gasteiger partial charge in [0.05, 0.1) is 5.52 Å². The normalized spacial score (nSPS) is 13.8. The highest BCUT2D eigenvalue weighted by atomic mass is 19.4. The Morgan fingerprint density at radius 1 is 0.800 bits per heavy atom. The number of halogens is 7. The molecule has 0 N–H and O–H groups in total. The van der Waals surface area contributed by atoms with Crippen molar-refractivity contribution in [2.24, 2.45) is 0 Å². The first kappa shape index (κ1) is 14.5. The molecule has 0 atom stereocenters. The van der Waals surface area contributed by atoms with Crippen LogP contribution in [0.5, 0.6) is 0 Å².